The van der Waals surface area contributed by atoms with E-state index in [0.717, 1.165) is 4.90 Å². The third-order valence-electron chi connectivity index (χ3n) is 3.59. The predicted octanol–water partition coefficient (Wildman–Crippen LogP) is 2.54. The molecular weight excluding hydrogens is 295 g/mol. The number of amides is 1. The number of alkyl halides is 3. The summed E-state index contributed by atoms with van der Waals surface area (Å²) in [5, 5.41) is 12.2. The zero-order valence-corrected chi connectivity index (χ0v) is 11.3. The Kier molecular flexibility index (Phi) is 3.53. The standard InChI is InChI=1S/C12H12F3NO3S/c1-7-4-20-5-8(7)9(17)16-3-2-11(6-16,10(18)19)12(13,14)15/h4-5H,2-3,6H2,1H3,(H,18,19). The number of carbonyl (C=O) groups excluding carboxylic acids is 1. The van der Waals surface area contributed by atoms with Crippen LogP contribution in [0.5, 0.6) is 0 Å². The summed E-state index contributed by atoms with van der Waals surface area (Å²) in [6, 6.07) is 0. The number of hydrogen-bond acceptors (Lipinski definition) is 3. The van der Waals surface area contributed by atoms with E-state index in [-0.39, 0.29) is 6.54 Å². The summed E-state index contributed by atoms with van der Waals surface area (Å²) in [4.78, 5) is 24.1. The molecule has 0 bridgehead atoms. The van der Waals surface area contributed by atoms with Crippen LogP contribution in [0, 0.1) is 12.3 Å². The lowest BCUT2D eigenvalue weighted by atomic mass is 9.86. The number of carboxylic acids is 1. The predicted molar refractivity (Wildman–Crippen MR) is 65.7 cm³/mol. The first-order valence-electron chi connectivity index (χ1n) is 5.81. The largest absolute Gasteiger partial charge is 0.481 e. The third-order valence-corrected chi connectivity index (χ3v) is 4.46. The Hall–Kier alpha value is -1.57. The van der Waals surface area contributed by atoms with E-state index in [1.807, 2.05) is 0 Å². The fraction of sp³-hybridized carbons (Fsp3) is 0.500. The van der Waals surface area contributed by atoms with Crippen molar-refractivity contribution in [1.29, 1.82) is 0 Å². The summed E-state index contributed by atoms with van der Waals surface area (Å²) < 4.78 is 39.0. The van der Waals surface area contributed by atoms with Gasteiger partial charge in [0.15, 0.2) is 5.41 Å². The van der Waals surface area contributed by atoms with Gasteiger partial charge in [0.1, 0.15) is 0 Å². The normalized spacial score (nSPS) is 23.1. The van der Waals surface area contributed by atoms with Crippen LogP contribution >= 0.6 is 11.3 Å². The quantitative estimate of drug-likeness (QED) is 0.913. The van der Waals surface area contributed by atoms with Crippen LogP contribution in [-0.4, -0.2) is 41.1 Å². The van der Waals surface area contributed by atoms with Crippen molar-refractivity contribution in [2.75, 3.05) is 13.1 Å². The van der Waals surface area contributed by atoms with E-state index in [4.69, 9.17) is 5.11 Å². The number of aliphatic carboxylic acids is 1. The molecule has 1 N–H and O–H groups in total. The summed E-state index contributed by atoms with van der Waals surface area (Å²) in [7, 11) is 0. The Morgan fingerprint density at radius 3 is 2.45 bits per heavy atom. The Balaban J connectivity index is 2.26. The highest BCUT2D eigenvalue weighted by Crippen LogP contribution is 2.46. The first-order chi connectivity index (χ1) is 9.19. The van der Waals surface area contributed by atoms with Crippen LogP contribution < -0.4 is 0 Å². The molecule has 1 unspecified atom stereocenters. The minimum absolute atomic E-state index is 0.208. The average molecular weight is 307 g/mol. The molecule has 1 amide bonds. The Morgan fingerprint density at radius 2 is 2.05 bits per heavy atom. The number of aryl methyl sites for hydroxylation is 1. The summed E-state index contributed by atoms with van der Waals surface area (Å²) in [5.41, 5.74) is -1.84. The molecule has 1 aromatic heterocycles. The SMILES string of the molecule is Cc1cscc1C(=O)N1CCC(C(=O)O)(C(F)(F)F)C1. The van der Waals surface area contributed by atoms with E-state index in [1.165, 1.54) is 11.3 Å². The van der Waals surface area contributed by atoms with Gasteiger partial charge in [-0.3, -0.25) is 9.59 Å². The highest BCUT2D eigenvalue weighted by molar-refractivity contribution is 7.08. The van der Waals surface area contributed by atoms with E-state index in [9.17, 15) is 22.8 Å². The van der Waals surface area contributed by atoms with Gasteiger partial charge in [-0.25, -0.2) is 0 Å². The van der Waals surface area contributed by atoms with Crippen LogP contribution in [-0.2, 0) is 4.79 Å². The van der Waals surface area contributed by atoms with Gasteiger partial charge in [0, 0.05) is 18.5 Å². The van der Waals surface area contributed by atoms with Crippen molar-refractivity contribution in [2.24, 2.45) is 5.41 Å². The molecule has 2 rings (SSSR count). The molecule has 0 aliphatic carbocycles. The molecule has 4 nitrogen and oxygen atoms in total. The van der Waals surface area contributed by atoms with Gasteiger partial charge in [-0.15, -0.1) is 0 Å². The van der Waals surface area contributed by atoms with Crippen molar-refractivity contribution in [3.8, 4) is 0 Å². The molecular formula is C12H12F3NO3S. The van der Waals surface area contributed by atoms with Crippen LogP contribution in [0.3, 0.4) is 0 Å². The molecule has 8 heteroatoms. The van der Waals surface area contributed by atoms with Gasteiger partial charge in [0.2, 0.25) is 0 Å². The van der Waals surface area contributed by atoms with E-state index in [2.05, 4.69) is 0 Å². The highest BCUT2D eigenvalue weighted by atomic mass is 32.1. The molecule has 1 aromatic rings. The zero-order chi connectivity index (χ0) is 15.1. The third kappa shape index (κ3) is 2.17. The number of carboxylic acid groups (broad SMARTS) is 1. The maximum Gasteiger partial charge on any atom is 0.406 e. The van der Waals surface area contributed by atoms with Gasteiger partial charge < -0.3 is 10.0 Å². The van der Waals surface area contributed by atoms with Crippen molar-refractivity contribution in [2.45, 2.75) is 19.5 Å². The molecule has 1 aliphatic rings. The fourth-order valence-corrected chi connectivity index (χ4v) is 3.08. The molecule has 2 heterocycles. The number of likely N-dealkylation sites (tertiary alicyclic amines) is 1. The Bertz CT molecular complexity index is 554. The molecule has 1 saturated heterocycles. The monoisotopic (exact) mass is 307 g/mol. The molecule has 0 radical (unpaired) electrons. The highest BCUT2D eigenvalue weighted by Gasteiger charge is 2.64. The molecule has 1 fully saturated rings. The number of nitrogens with zero attached hydrogens (tertiary/aromatic N) is 1. The van der Waals surface area contributed by atoms with Gasteiger partial charge in [-0.05, 0) is 24.3 Å². The second-order valence-corrected chi connectivity index (χ2v) is 5.57. The molecule has 0 spiro atoms. The van der Waals surface area contributed by atoms with Crippen LogP contribution in [0.4, 0.5) is 13.2 Å². The lowest BCUT2D eigenvalue weighted by molar-refractivity contribution is -0.227. The number of rotatable bonds is 2. The lowest BCUT2D eigenvalue weighted by Crippen LogP contribution is -2.47. The van der Waals surface area contributed by atoms with E-state index >= 15 is 0 Å². The summed E-state index contributed by atoms with van der Waals surface area (Å²) in [6.07, 6.45) is -5.49. The second kappa shape index (κ2) is 4.76. The van der Waals surface area contributed by atoms with Crippen LogP contribution in [0.25, 0.3) is 0 Å². The smallest absolute Gasteiger partial charge is 0.406 e. The molecule has 20 heavy (non-hydrogen) atoms. The Morgan fingerprint density at radius 1 is 1.40 bits per heavy atom. The van der Waals surface area contributed by atoms with Crippen LogP contribution in [0.2, 0.25) is 0 Å². The lowest BCUT2D eigenvalue weighted by Gasteiger charge is -2.27. The van der Waals surface area contributed by atoms with E-state index in [0.29, 0.717) is 11.1 Å². The van der Waals surface area contributed by atoms with Crippen molar-refractivity contribution in [3.05, 3.63) is 21.9 Å². The van der Waals surface area contributed by atoms with Gasteiger partial charge >= 0.3 is 12.1 Å². The molecule has 0 aromatic carbocycles. The topological polar surface area (TPSA) is 57.6 Å². The van der Waals surface area contributed by atoms with Gasteiger partial charge in [-0.2, -0.15) is 24.5 Å². The van der Waals surface area contributed by atoms with E-state index in [1.54, 1.807) is 17.7 Å². The van der Waals surface area contributed by atoms with Crippen LogP contribution in [0.15, 0.2) is 10.8 Å². The van der Waals surface area contributed by atoms with Crippen molar-refractivity contribution < 1.29 is 27.9 Å². The first-order valence-corrected chi connectivity index (χ1v) is 6.75. The van der Waals surface area contributed by atoms with Gasteiger partial charge in [0.05, 0.1) is 5.56 Å². The number of halogens is 3. The number of thiophene rings is 1. The number of carbonyl (C=O) groups is 2. The Labute approximate surface area is 116 Å². The van der Waals surface area contributed by atoms with Crippen molar-refractivity contribution in [1.82, 2.24) is 4.90 Å². The maximum absolute atomic E-state index is 13.0. The molecule has 0 saturated carbocycles. The van der Waals surface area contributed by atoms with E-state index < -0.39 is 36.4 Å². The molecule has 1 atom stereocenters. The number of hydrogen-bond donors (Lipinski definition) is 1. The minimum atomic E-state index is -4.88. The average Bonchev–Trinajstić information content (AvgIpc) is 2.93. The molecule has 1 aliphatic heterocycles. The van der Waals surface area contributed by atoms with Crippen molar-refractivity contribution in [3.63, 3.8) is 0 Å². The van der Waals surface area contributed by atoms with Gasteiger partial charge in [-0.1, -0.05) is 0 Å². The summed E-state index contributed by atoms with van der Waals surface area (Å²) in [5.74, 6) is -2.47. The second-order valence-electron chi connectivity index (χ2n) is 4.83. The maximum atomic E-state index is 13.0. The first kappa shape index (κ1) is 14.8. The zero-order valence-electron chi connectivity index (χ0n) is 10.5. The summed E-state index contributed by atoms with van der Waals surface area (Å²) in [6.45, 7) is 0.647. The van der Waals surface area contributed by atoms with Gasteiger partial charge in [0.25, 0.3) is 5.91 Å². The summed E-state index contributed by atoms with van der Waals surface area (Å²) >= 11 is 1.28. The minimum Gasteiger partial charge on any atom is -0.481 e. The fourth-order valence-electron chi connectivity index (χ4n) is 2.26. The molecule has 110 valence electrons. The van der Waals surface area contributed by atoms with Crippen molar-refractivity contribution >= 4 is 23.2 Å². The van der Waals surface area contributed by atoms with Crippen LogP contribution in [0.1, 0.15) is 22.3 Å².